The van der Waals surface area contributed by atoms with Crippen LogP contribution in [0.5, 0.6) is 5.75 Å². The molecule has 1 aliphatic heterocycles. The number of rotatable bonds is 7. The Hall–Kier alpha value is -3.11. The molecule has 2 aromatic carbocycles. The molecule has 2 aromatic rings. The van der Waals surface area contributed by atoms with Crippen molar-refractivity contribution >= 4 is 22.0 Å². The Labute approximate surface area is 252 Å². The van der Waals surface area contributed by atoms with Gasteiger partial charge in [0.2, 0.25) is 15.9 Å². The number of sulfonamides is 1. The first-order chi connectivity index (χ1) is 19.7. The third-order valence-electron chi connectivity index (χ3n) is 8.16. The van der Waals surface area contributed by atoms with Gasteiger partial charge in [-0.1, -0.05) is 30.3 Å². The number of nitrogens with zero attached hydrogens (tertiary/aromatic N) is 2. The first kappa shape index (κ1) is 31.8. The molecule has 2 amide bonds. The first-order valence-electron chi connectivity index (χ1n) is 14.8. The molecule has 1 heterocycles. The van der Waals surface area contributed by atoms with Crippen molar-refractivity contribution < 1.29 is 28.9 Å². The van der Waals surface area contributed by atoms with Crippen LogP contribution < -0.4 is 9.46 Å². The summed E-state index contributed by atoms with van der Waals surface area (Å²) in [6.07, 6.45) is 1.95. The number of hydrogen-bond donors (Lipinski definition) is 1. The molecule has 9 nitrogen and oxygen atoms in total. The number of aryl methyl sites for hydroxylation is 1. The number of benzene rings is 2. The van der Waals surface area contributed by atoms with Crippen molar-refractivity contribution in [2.75, 3.05) is 26.2 Å². The van der Waals surface area contributed by atoms with Crippen molar-refractivity contribution in [2.45, 2.75) is 89.3 Å². The molecule has 0 bridgehead atoms. The van der Waals surface area contributed by atoms with Gasteiger partial charge in [-0.3, -0.25) is 4.79 Å². The van der Waals surface area contributed by atoms with E-state index in [1.165, 1.54) is 0 Å². The molecule has 232 valence electrons. The highest BCUT2D eigenvalue weighted by molar-refractivity contribution is 7.89. The first-order valence-corrected chi connectivity index (χ1v) is 16.3. The molecule has 0 radical (unpaired) electrons. The van der Waals surface area contributed by atoms with Crippen molar-refractivity contribution in [3.05, 3.63) is 59.7 Å². The Morgan fingerprint density at radius 2 is 1.71 bits per heavy atom. The van der Waals surface area contributed by atoms with Gasteiger partial charge in [-0.15, -0.1) is 0 Å². The highest BCUT2D eigenvalue weighted by Gasteiger charge is 2.46. The van der Waals surface area contributed by atoms with Gasteiger partial charge in [0, 0.05) is 26.5 Å². The van der Waals surface area contributed by atoms with Crippen LogP contribution in [0.25, 0.3) is 0 Å². The topological polar surface area (TPSA) is 105 Å². The van der Waals surface area contributed by atoms with Gasteiger partial charge in [0.15, 0.2) is 0 Å². The third-order valence-corrected chi connectivity index (χ3v) is 9.67. The van der Waals surface area contributed by atoms with E-state index in [2.05, 4.69) is 4.72 Å². The highest BCUT2D eigenvalue weighted by atomic mass is 32.2. The third kappa shape index (κ3) is 7.26. The van der Waals surface area contributed by atoms with Gasteiger partial charge in [-0.05, 0) is 96.6 Å². The fourth-order valence-electron chi connectivity index (χ4n) is 5.96. The predicted octanol–water partition coefficient (Wildman–Crippen LogP) is 5.47. The van der Waals surface area contributed by atoms with E-state index < -0.39 is 21.2 Å². The second kappa shape index (κ2) is 12.6. The Kier molecular flexibility index (Phi) is 9.57. The van der Waals surface area contributed by atoms with Gasteiger partial charge in [-0.25, -0.2) is 17.9 Å². The Bertz CT molecular complexity index is 1370. The molecule has 1 N–H and O–H groups in total. The van der Waals surface area contributed by atoms with Crippen LogP contribution in [0.2, 0.25) is 0 Å². The van der Waals surface area contributed by atoms with E-state index in [0.717, 1.165) is 11.1 Å². The molecule has 1 atom stereocenters. The minimum Gasteiger partial charge on any atom is -0.494 e. The van der Waals surface area contributed by atoms with Crippen LogP contribution in [0.1, 0.15) is 72.9 Å². The van der Waals surface area contributed by atoms with Crippen molar-refractivity contribution in [1.82, 2.24) is 14.5 Å². The molecule has 1 saturated carbocycles. The zero-order chi connectivity index (χ0) is 30.7. The van der Waals surface area contributed by atoms with Crippen molar-refractivity contribution in [2.24, 2.45) is 5.92 Å². The summed E-state index contributed by atoms with van der Waals surface area (Å²) < 4.78 is 40.3. The maximum atomic E-state index is 14.0. The fourth-order valence-corrected chi connectivity index (χ4v) is 7.35. The summed E-state index contributed by atoms with van der Waals surface area (Å²) in [6.45, 7) is 12.9. The van der Waals surface area contributed by atoms with E-state index in [9.17, 15) is 18.0 Å². The molecule has 2 aliphatic rings. The molecule has 0 spiro atoms. The van der Waals surface area contributed by atoms with E-state index in [1.54, 1.807) is 23.1 Å². The number of carbonyl (C=O) groups is 2. The van der Waals surface area contributed by atoms with Crippen LogP contribution in [0.3, 0.4) is 0 Å². The smallest absolute Gasteiger partial charge is 0.410 e. The fraction of sp³-hybridized carbons (Fsp3) is 0.562. The summed E-state index contributed by atoms with van der Waals surface area (Å²) in [4.78, 5) is 30.8. The molecule has 1 saturated heterocycles. The standard InChI is InChI=1S/C32H45N3O6S.H2/c1-7-40-28-18-17-27(21-23(28)2)42(38,39)33-26-15-13-24(14-16-26)29(36)35-20-19-34(30(37)41-31(3,4)5)22-32(35,6)25-11-9-8-10-12-25;/h8-12,17-18,21,24,26,33H,7,13-16,19-20,22H2,1-6H3;1H/t24?,26?,32-;/m0./s1. The normalized spacial score (nSPS) is 23.4. The van der Waals surface area contributed by atoms with E-state index >= 15 is 0 Å². The van der Waals surface area contributed by atoms with Crippen molar-refractivity contribution in [1.29, 1.82) is 0 Å². The van der Waals surface area contributed by atoms with Crippen LogP contribution in [0.15, 0.2) is 53.4 Å². The number of hydrogen-bond acceptors (Lipinski definition) is 6. The second-order valence-electron chi connectivity index (χ2n) is 12.6. The van der Waals surface area contributed by atoms with Crippen LogP contribution >= 0.6 is 0 Å². The Balaban J connectivity index is 0.00000506. The number of amides is 2. The second-order valence-corrected chi connectivity index (χ2v) is 14.3. The Morgan fingerprint density at radius 3 is 2.31 bits per heavy atom. The SMILES string of the molecule is CCOc1ccc(S(=O)(=O)NC2CCC(C(=O)N3CCN(C(=O)OC(C)(C)C)C[C@@]3(C)c3ccccc3)CC2)cc1C.[HH]. The molecular weight excluding hydrogens is 554 g/mol. The van der Waals surface area contributed by atoms with E-state index in [1.807, 2.05) is 76.8 Å². The number of ether oxygens (including phenoxy) is 2. The Morgan fingerprint density at radius 1 is 1.05 bits per heavy atom. The summed E-state index contributed by atoms with van der Waals surface area (Å²) in [6, 6.07) is 14.5. The number of nitrogens with one attached hydrogen (secondary N) is 1. The molecule has 10 heteroatoms. The van der Waals surface area contributed by atoms with Crippen LogP contribution in [0, 0.1) is 12.8 Å². The lowest BCUT2D eigenvalue weighted by Gasteiger charge is -2.50. The lowest BCUT2D eigenvalue weighted by atomic mass is 9.82. The van der Waals surface area contributed by atoms with Crippen LogP contribution in [-0.4, -0.2) is 68.1 Å². The molecule has 42 heavy (non-hydrogen) atoms. The van der Waals surface area contributed by atoms with E-state index in [-0.39, 0.29) is 30.3 Å². The monoisotopic (exact) mass is 601 g/mol. The maximum Gasteiger partial charge on any atom is 0.410 e. The average molecular weight is 602 g/mol. The summed E-state index contributed by atoms with van der Waals surface area (Å²) in [5.41, 5.74) is 0.386. The number of carbonyl (C=O) groups excluding carboxylic acids is 2. The lowest BCUT2D eigenvalue weighted by molar-refractivity contribution is -0.147. The van der Waals surface area contributed by atoms with Crippen LogP contribution in [0.4, 0.5) is 4.79 Å². The van der Waals surface area contributed by atoms with Gasteiger partial charge in [-0.2, -0.15) is 0 Å². The largest absolute Gasteiger partial charge is 0.494 e. The zero-order valence-electron chi connectivity index (χ0n) is 25.7. The quantitative estimate of drug-likeness (QED) is 0.451. The average Bonchev–Trinajstić information content (AvgIpc) is 2.93. The predicted molar refractivity (Wildman–Crippen MR) is 164 cm³/mol. The summed E-state index contributed by atoms with van der Waals surface area (Å²) in [5.74, 6) is 0.508. The van der Waals surface area contributed by atoms with E-state index in [4.69, 9.17) is 9.47 Å². The van der Waals surface area contributed by atoms with Gasteiger partial charge < -0.3 is 19.3 Å². The molecule has 1 aliphatic carbocycles. The highest BCUT2D eigenvalue weighted by Crippen LogP contribution is 2.37. The van der Waals surface area contributed by atoms with Crippen molar-refractivity contribution in [3.63, 3.8) is 0 Å². The molecular formula is C32H47N3O6S. The lowest BCUT2D eigenvalue weighted by Crippen LogP contribution is -2.63. The van der Waals surface area contributed by atoms with Gasteiger partial charge in [0.05, 0.1) is 23.6 Å². The number of piperazine rings is 1. The van der Waals surface area contributed by atoms with E-state index in [0.29, 0.717) is 57.7 Å². The van der Waals surface area contributed by atoms with Crippen LogP contribution in [-0.2, 0) is 25.1 Å². The van der Waals surface area contributed by atoms with Gasteiger partial charge >= 0.3 is 6.09 Å². The molecule has 0 unspecified atom stereocenters. The minimum atomic E-state index is -3.70. The minimum absolute atomic E-state index is 0. The van der Waals surface area contributed by atoms with Crippen molar-refractivity contribution in [3.8, 4) is 5.75 Å². The molecule has 4 rings (SSSR count). The molecule has 0 aromatic heterocycles. The van der Waals surface area contributed by atoms with Gasteiger partial charge in [0.1, 0.15) is 11.4 Å². The van der Waals surface area contributed by atoms with Gasteiger partial charge in [0.25, 0.3) is 0 Å². The zero-order valence-corrected chi connectivity index (χ0v) is 26.5. The maximum absolute atomic E-state index is 14.0. The summed E-state index contributed by atoms with van der Waals surface area (Å²) >= 11 is 0. The summed E-state index contributed by atoms with van der Waals surface area (Å²) in [7, 11) is -3.70. The summed E-state index contributed by atoms with van der Waals surface area (Å²) in [5, 5.41) is 0. The molecule has 2 fully saturated rings.